The summed E-state index contributed by atoms with van der Waals surface area (Å²) < 4.78 is 6.97. The van der Waals surface area contributed by atoms with Gasteiger partial charge in [-0.25, -0.2) is 0 Å². The molecule has 9 rings (SSSR count). The highest BCUT2D eigenvalue weighted by Crippen LogP contribution is 2.58. The monoisotopic (exact) mass is 764 g/mol. The van der Waals surface area contributed by atoms with E-state index in [0.29, 0.717) is 13.1 Å². The van der Waals surface area contributed by atoms with E-state index in [4.69, 9.17) is 4.74 Å². The molecule has 0 saturated heterocycles. The van der Waals surface area contributed by atoms with E-state index in [1.807, 2.05) is 12.1 Å². The highest BCUT2D eigenvalue weighted by Gasteiger charge is 2.56. The van der Waals surface area contributed by atoms with Crippen molar-refractivity contribution in [3.05, 3.63) is 179 Å². The van der Waals surface area contributed by atoms with Crippen LogP contribution in [0.1, 0.15) is 65.9 Å². The Morgan fingerprint density at radius 3 is 1.52 bits per heavy atom. The number of anilines is 2. The minimum absolute atomic E-state index is 0.0476. The summed E-state index contributed by atoms with van der Waals surface area (Å²) in [6.45, 7) is 15.0. The Labute approximate surface area is 342 Å². The number of hydrogen-bond acceptors (Lipinski definition) is 5. The normalized spacial score (nSPS) is 13.8. The van der Waals surface area contributed by atoms with E-state index in [1.54, 1.807) is 0 Å². The summed E-state index contributed by atoms with van der Waals surface area (Å²) in [5.74, 6) is 1.64. The molecule has 292 valence electrons. The number of carbonyl (C=O) groups is 1. The van der Waals surface area contributed by atoms with Crippen molar-refractivity contribution in [2.75, 3.05) is 49.1 Å². The zero-order valence-corrected chi connectivity index (χ0v) is 34.1. The molecule has 0 aliphatic carbocycles. The number of nitrogens with zero attached hydrogens (tertiary/aromatic N) is 4. The Bertz CT molecular complexity index is 2480. The lowest BCUT2D eigenvalue weighted by Gasteiger charge is -2.45. The standard InChI is InChI=1S/C52H52N4O2/c1-5-54(6-2)43-25-27-47-49(33-43)58-50-34-44(55(7-3)8-4)26-28-48(50)52(47)46-20-14-13-19-45(46)51(57)56(52)30-29-53(35-37-21-23-39-15-9-11-17-41(39)31-37)36-38-22-24-40-16-10-12-18-42(40)32-38/h9-28,31-34H,5-8,29-30,35-36H2,1-4H3. The quantitative estimate of drug-likeness (QED) is 0.117. The SMILES string of the molecule is CCN(CC)c1ccc2c(c1)Oc1cc(N(CC)CC)ccc1C21c2ccccc2C(=O)N1CCN(Cc1ccc2ccccc2c1)Cc1ccc2ccccc2c1. The molecule has 2 aliphatic rings. The Morgan fingerprint density at radius 1 is 0.517 bits per heavy atom. The maximum absolute atomic E-state index is 15.1. The lowest BCUT2D eigenvalue weighted by Crippen LogP contribution is -2.50. The molecular weight excluding hydrogens is 713 g/mol. The second-order valence-electron chi connectivity index (χ2n) is 15.6. The highest BCUT2D eigenvalue weighted by molar-refractivity contribution is 6.02. The molecule has 7 aromatic rings. The van der Waals surface area contributed by atoms with Gasteiger partial charge in [0, 0.05) is 92.6 Å². The van der Waals surface area contributed by atoms with Gasteiger partial charge in [-0.15, -0.1) is 0 Å². The lowest BCUT2D eigenvalue weighted by atomic mass is 9.74. The summed E-state index contributed by atoms with van der Waals surface area (Å²) in [6.07, 6.45) is 0. The van der Waals surface area contributed by atoms with Crippen LogP contribution in [0.25, 0.3) is 21.5 Å². The second kappa shape index (κ2) is 15.7. The molecule has 58 heavy (non-hydrogen) atoms. The zero-order chi connectivity index (χ0) is 39.8. The Morgan fingerprint density at radius 2 is 1.00 bits per heavy atom. The van der Waals surface area contributed by atoms with Crippen LogP contribution in [0, 0.1) is 0 Å². The fraction of sp³-hybridized carbons (Fsp3) is 0.250. The van der Waals surface area contributed by atoms with Gasteiger partial charge >= 0.3 is 0 Å². The zero-order valence-electron chi connectivity index (χ0n) is 34.1. The van der Waals surface area contributed by atoms with Gasteiger partial charge in [0.1, 0.15) is 17.0 Å². The first-order valence-electron chi connectivity index (χ1n) is 21.0. The smallest absolute Gasteiger partial charge is 0.255 e. The molecule has 0 fully saturated rings. The molecule has 6 heteroatoms. The molecule has 7 aromatic carbocycles. The van der Waals surface area contributed by atoms with E-state index >= 15 is 4.79 Å². The van der Waals surface area contributed by atoms with Gasteiger partial charge in [0.15, 0.2) is 0 Å². The molecule has 0 atom stereocenters. The Balaban J connectivity index is 1.16. The predicted octanol–water partition coefficient (Wildman–Crippen LogP) is 11.2. The summed E-state index contributed by atoms with van der Waals surface area (Å²) in [6, 6.07) is 52.1. The minimum Gasteiger partial charge on any atom is -0.456 e. The first-order valence-corrected chi connectivity index (χ1v) is 21.0. The molecule has 6 nitrogen and oxygen atoms in total. The molecule has 0 N–H and O–H groups in total. The summed E-state index contributed by atoms with van der Waals surface area (Å²) >= 11 is 0. The van der Waals surface area contributed by atoms with Gasteiger partial charge in [-0.2, -0.15) is 0 Å². The van der Waals surface area contributed by atoms with Gasteiger partial charge in [0.25, 0.3) is 5.91 Å². The molecule has 0 saturated carbocycles. The highest BCUT2D eigenvalue weighted by atomic mass is 16.5. The minimum atomic E-state index is -0.877. The van der Waals surface area contributed by atoms with Crippen LogP contribution >= 0.6 is 0 Å². The van der Waals surface area contributed by atoms with E-state index < -0.39 is 5.54 Å². The van der Waals surface area contributed by atoms with Crippen LogP contribution in [0.15, 0.2) is 146 Å². The van der Waals surface area contributed by atoms with Crippen LogP contribution < -0.4 is 14.5 Å². The van der Waals surface area contributed by atoms with Crippen LogP contribution in [0.2, 0.25) is 0 Å². The Hall–Kier alpha value is -6.11. The fourth-order valence-corrected chi connectivity index (χ4v) is 9.55. The number of hydrogen-bond donors (Lipinski definition) is 0. The van der Waals surface area contributed by atoms with E-state index in [9.17, 15) is 0 Å². The van der Waals surface area contributed by atoms with Crippen molar-refractivity contribution in [1.82, 2.24) is 9.80 Å². The van der Waals surface area contributed by atoms with Crippen molar-refractivity contribution in [1.29, 1.82) is 0 Å². The summed E-state index contributed by atoms with van der Waals surface area (Å²) in [5, 5.41) is 4.94. The van der Waals surface area contributed by atoms with Gasteiger partial charge in [-0.1, -0.05) is 103 Å². The first-order chi connectivity index (χ1) is 28.4. The number of ether oxygens (including phenoxy) is 1. The molecule has 0 bridgehead atoms. The largest absolute Gasteiger partial charge is 0.456 e. The van der Waals surface area contributed by atoms with Crippen LogP contribution in [0.5, 0.6) is 11.5 Å². The third-order valence-corrected chi connectivity index (χ3v) is 12.5. The maximum atomic E-state index is 15.1. The molecule has 2 heterocycles. The second-order valence-corrected chi connectivity index (χ2v) is 15.6. The molecule has 2 aliphatic heterocycles. The van der Waals surface area contributed by atoms with Gasteiger partial charge < -0.3 is 19.4 Å². The summed E-state index contributed by atoms with van der Waals surface area (Å²) in [7, 11) is 0. The van der Waals surface area contributed by atoms with Crippen molar-refractivity contribution in [2.24, 2.45) is 0 Å². The average Bonchev–Trinajstić information content (AvgIpc) is 3.50. The average molecular weight is 765 g/mol. The molecule has 1 amide bonds. The molecule has 0 radical (unpaired) electrons. The predicted molar refractivity (Wildman–Crippen MR) is 239 cm³/mol. The van der Waals surface area contributed by atoms with Crippen molar-refractivity contribution in [3.63, 3.8) is 0 Å². The van der Waals surface area contributed by atoms with Crippen LogP contribution in [0.4, 0.5) is 11.4 Å². The van der Waals surface area contributed by atoms with Crippen molar-refractivity contribution in [2.45, 2.75) is 46.3 Å². The topological polar surface area (TPSA) is 39.3 Å². The van der Waals surface area contributed by atoms with Gasteiger partial charge in [-0.3, -0.25) is 9.69 Å². The number of fused-ring (bicyclic) bond motifs is 8. The number of rotatable bonds is 13. The van der Waals surface area contributed by atoms with Crippen LogP contribution in [0.3, 0.4) is 0 Å². The summed E-state index contributed by atoms with van der Waals surface area (Å²) in [4.78, 5) is 24.5. The van der Waals surface area contributed by atoms with E-state index in [0.717, 1.165) is 84.4 Å². The van der Waals surface area contributed by atoms with E-state index in [1.165, 1.54) is 32.7 Å². The molecular formula is C52H52N4O2. The van der Waals surface area contributed by atoms with Crippen LogP contribution in [-0.2, 0) is 18.6 Å². The number of benzene rings is 7. The van der Waals surface area contributed by atoms with Crippen molar-refractivity contribution < 1.29 is 9.53 Å². The summed E-state index contributed by atoms with van der Waals surface area (Å²) in [5.41, 5.74) is 7.61. The molecule has 1 spiro atoms. The van der Waals surface area contributed by atoms with Gasteiger partial charge in [0.05, 0.1) is 0 Å². The first kappa shape index (κ1) is 37.5. The third-order valence-electron chi connectivity index (χ3n) is 12.5. The third kappa shape index (κ3) is 6.46. The fourth-order valence-electron chi connectivity index (χ4n) is 9.55. The Kier molecular flexibility index (Phi) is 10.1. The van der Waals surface area contributed by atoms with E-state index in [2.05, 4.69) is 181 Å². The van der Waals surface area contributed by atoms with Crippen molar-refractivity contribution in [3.8, 4) is 11.5 Å². The van der Waals surface area contributed by atoms with Gasteiger partial charge in [-0.05, 0) is 96.3 Å². The van der Waals surface area contributed by atoms with Gasteiger partial charge in [0.2, 0.25) is 0 Å². The maximum Gasteiger partial charge on any atom is 0.255 e. The van der Waals surface area contributed by atoms with Crippen molar-refractivity contribution >= 4 is 38.8 Å². The van der Waals surface area contributed by atoms with Crippen LogP contribution in [-0.4, -0.2) is 55.0 Å². The number of amides is 1. The molecule has 0 aromatic heterocycles. The molecule has 0 unspecified atom stereocenters. The number of carbonyl (C=O) groups excluding carboxylic acids is 1. The lowest BCUT2D eigenvalue weighted by molar-refractivity contribution is 0.0629. The van der Waals surface area contributed by atoms with E-state index in [-0.39, 0.29) is 5.91 Å².